The molecule has 16 heteroatoms. The lowest BCUT2D eigenvalue weighted by Gasteiger charge is -1.96. The molecular weight excluding hydrogens is 582 g/mol. The molecule has 3 aromatic rings. The van der Waals surface area contributed by atoms with Crippen molar-refractivity contribution in [2.45, 2.75) is 10.3 Å². The number of hydrogen-bond donors (Lipinski definition) is 1. The van der Waals surface area contributed by atoms with Crippen LogP contribution in [0, 0.1) is 0 Å². The van der Waals surface area contributed by atoms with E-state index >= 15 is 0 Å². The molecule has 1 N–H and O–H groups in total. The molecule has 1 aromatic carbocycles. The molecule has 0 radical (unpaired) electrons. The second-order valence-corrected chi connectivity index (χ2v) is 10.1. The summed E-state index contributed by atoms with van der Waals surface area (Å²) in [5, 5.41) is 9.42. The summed E-state index contributed by atoms with van der Waals surface area (Å²) in [4.78, 5) is 28.9. The van der Waals surface area contributed by atoms with E-state index in [1.807, 2.05) is 6.26 Å². The highest BCUT2D eigenvalue weighted by molar-refractivity contribution is 7.98. The van der Waals surface area contributed by atoms with Crippen molar-refractivity contribution in [3.05, 3.63) is 67.6 Å². The van der Waals surface area contributed by atoms with Crippen molar-refractivity contribution < 1.29 is 23.4 Å². The van der Waals surface area contributed by atoms with Crippen LogP contribution in [0.2, 0.25) is 25.6 Å². The predicted molar refractivity (Wildman–Crippen MR) is 128 cm³/mol. The van der Waals surface area contributed by atoms with E-state index in [4.69, 9.17) is 63.3 Å². The Morgan fingerprint density at radius 2 is 1.39 bits per heavy atom. The Morgan fingerprint density at radius 3 is 1.79 bits per heavy atom. The molecule has 0 atom stereocenters. The summed E-state index contributed by atoms with van der Waals surface area (Å²) < 4.78 is 21.8. The zero-order valence-corrected chi connectivity index (χ0v) is 22.0. The van der Waals surface area contributed by atoms with Gasteiger partial charge in [0.1, 0.15) is 20.6 Å². The van der Waals surface area contributed by atoms with Crippen LogP contribution in [0.15, 0.2) is 46.7 Å². The highest BCUT2D eigenvalue weighted by atomic mass is 35.5. The molecule has 9 nitrogen and oxygen atoms in total. The third-order valence-electron chi connectivity index (χ3n) is 2.94. The molecule has 33 heavy (non-hydrogen) atoms. The maximum Gasteiger partial charge on any atom is 0.372 e. The molecule has 0 fully saturated rings. The summed E-state index contributed by atoms with van der Waals surface area (Å²) in [6, 6.07) is 8.87. The number of thioether (sulfide) groups is 1. The maximum atomic E-state index is 10.9. The first-order valence-corrected chi connectivity index (χ1v) is 13.1. The van der Waals surface area contributed by atoms with E-state index in [1.165, 1.54) is 36.0 Å². The number of aromatic nitrogens is 4. The standard InChI is InChI=1S/C7H5ClO3.C5H4Cl2N2O2S.C5H4Cl2N2S/c8-6-3-1-2-5(4-6)7(9)11-10;1-12(10,11)5-8-3(6)2-4(7)9-5;1-10-5-8-3(6)2-4(7)9-5/h1-4,10H;2H,1H3;2H,1H3. The summed E-state index contributed by atoms with van der Waals surface area (Å²) in [7, 11) is -3.44. The highest BCUT2D eigenvalue weighted by Gasteiger charge is 2.12. The fourth-order valence-corrected chi connectivity index (χ4v) is 3.81. The van der Waals surface area contributed by atoms with Gasteiger partial charge >= 0.3 is 5.97 Å². The van der Waals surface area contributed by atoms with Crippen LogP contribution in [0.5, 0.6) is 0 Å². The van der Waals surface area contributed by atoms with Crippen LogP contribution < -0.4 is 0 Å². The van der Waals surface area contributed by atoms with E-state index in [0.717, 1.165) is 6.26 Å². The second kappa shape index (κ2) is 14.1. The number of carbonyl (C=O) groups is 1. The molecule has 0 aliphatic rings. The minimum Gasteiger partial charge on any atom is -0.296 e. The lowest BCUT2D eigenvalue weighted by molar-refractivity contribution is -0.182. The minimum atomic E-state index is -3.44. The Kier molecular flexibility index (Phi) is 12.6. The van der Waals surface area contributed by atoms with Crippen LogP contribution in [-0.4, -0.2) is 52.1 Å². The summed E-state index contributed by atoms with van der Waals surface area (Å²) in [5.41, 5.74) is 0.222. The SMILES string of the molecule is CS(=O)(=O)c1nc(Cl)cc(Cl)n1.CSc1nc(Cl)cc(Cl)n1.O=C(OO)c1cccc(Cl)c1. The Balaban J connectivity index is 0.000000249. The van der Waals surface area contributed by atoms with Gasteiger partial charge in [-0.05, 0) is 24.5 Å². The van der Waals surface area contributed by atoms with Gasteiger partial charge in [0.25, 0.3) is 0 Å². The Bertz CT molecular complexity index is 1180. The van der Waals surface area contributed by atoms with Gasteiger partial charge in [-0.15, -0.1) is 0 Å². The summed E-state index contributed by atoms with van der Waals surface area (Å²) in [6.45, 7) is 0. The number of rotatable bonds is 3. The average molecular weight is 595 g/mol. The van der Waals surface area contributed by atoms with E-state index in [2.05, 4.69) is 24.8 Å². The monoisotopic (exact) mass is 592 g/mol. The van der Waals surface area contributed by atoms with Crippen LogP contribution in [0.1, 0.15) is 10.4 Å². The molecule has 0 aliphatic carbocycles. The zero-order chi connectivity index (χ0) is 25.2. The van der Waals surface area contributed by atoms with E-state index < -0.39 is 15.8 Å². The van der Waals surface area contributed by atoms with Gasteiger partial charge in [0.05, 0.1) is 5.56 Å². The quantitative estimate of drug-likeness (QED) is 0.133. The first-order valence-electron chi connectivity index (χ1n) is 8.11. The molecule has 0 saturated carbocycles. The van der Waals surface area contributed by atoms with E-state index in [-0.39, 0.29) is 21.0 Å². The van der Waals surface area contributed by atoms with Gasteiger partial charge in [-0.25, -0.2) is 33.1 Å². The van der Waals surface area contributed by atoms with Gasteiger partial charge in [0, 0.05) is 23.4 Å². The Hall–Kier alpha value is -1.44. The van der Waals surface area contributed by atoms with Gasteiger partial charge in [-0.2, -0.15) is 5.26 Å². The molecule has 0 saturated heterocycles. The Labute approximate surface area is 218 Å². The molecule has 0 aliphatic heterocycles. The van der Waals surface area contributed by atoms with Crippen LogP contribution in [0.4, 0.5) is 0 Å². The molecular formula is C17H13Cl5N4O5S2. The fourth-order valence-electron chi connectivity index (χ4n) is 1.67. The van der Waals surface area contributed by atoms with Gasteiger partial charge in [-0.3, -0.25) is 4.89 Å². The highest BCUT2D eigenvalue weighted by Crippen LogP contribution is 2.17. The van der Waals surface area contributed by atoms with E-state index in [9.17, 15) is 13.2 Å². The van der Waals surface area contributed by atoms with Crippen LogP contribution in [0.3, 0.4) is 0 Å². The minimum absolute atomic E-state index is 0.00965. The maximum absolute atomic E-state index is 10.9. The number of carbonyl (C=O) groups excluding carboxylic acids is 1. The average Bonchev–Trinajstić information content (AvgIpc) is 2.72. The lowest BCUT2D eigenvalue weighted by Crippen LogP contribution is -2.03. The number of hydrogen-bond acceptors (Lipinski definition) is 10. The largest absolute Gasteiger partial charge is 0.372 e. The molecule has 0 bridgehead atoms. The summed E-state index contributed by atoms with van der Waals surface area (Å²) in [6.07, 6.45) is 2.84. The van der Waals surface area contributed by atoms with Gasteiger partial charge < -0.3 is 0 Å². The molecule has 0 spiro atoms. The summed E-state index contributed by atoms with van der Waals surface area (Å²) in [5.74, 6) is -0.813. The first kappa shape index (κ1) is 29.6. The molecule has 178 valence electrons. The molecule has 0 amide bonds. The smallest absolute Gasteiger partial charge is 0.296 e. The van der Waals surface area contributed by atoms with Crippen molar-refractivity contribution >= 4 is 85.6 Å². The van der Waals surface area contributed by atoms with Crippen molar-refractivity contribution in [3.8, 4) is 0 Å². The third kappa shape index (κ3) is 11.5. The number of nitrogens with zero attached hydrogens (tertiary/aromatic N) is 4. The van der Waals surface area contributed by atoms with Crippen LogP contribution in [-0.2, 0) is 14.7 Å². The van der Waals surface area contributed by atoms with Gasteiger partial charge in [0.15, 0.2) is 5.16 Å². The van der Waals surface area contributed by atoms with Crippen LogP contribution >= 0.6 is 69.8 Å². The van der Waals surface area contributed by atoms with Crippen LogP contribution in [0.25, 0.3) is 0 Å². The lowest BCUT2D eigenvalue weighted by atomic mass is 10.2. The first-order chi connectivity index (χ1) is 15.3. The fraction of sp³-hybridized carbons (Fsp3) is 0.118. The molecule has 3 rings (SSSR count). The topological polar surface area (TPSA) is 132 Å². The number of sulfone groups is 1. The Morgan fingerprint density at radius 1 is 0.909 bits per heavy atom. The number of benzene rings is 1. The normalized spacial score (nSPS) is 10.3. The van der Waals surface area contributed by atoms with Crippen molar-refractivity contribution in [2.24, 2.45) is 0 Å². The van der Waals surface area contributed by atoms with Crippen molar-refractivity contribution in [1.29, 1.82) is 0 Å². The van der Waals surface area contributed by atoms with Crippen molar-refractivity contribution in [2.75, 3.05) is 12.5 Å². The molecule has 0 unspecified atom stereocenters. The van der Waals surface area contributed by atoms with E-state index in [0.29, 0.717) is 20.5 Å². The number of halogens is 5. The zero-order valence-electron chi connectivity index (χ0n) is 16.5. The third-order valence-corrected chi connectivity index (χ3v) is 5.35. The molecule has 2 heterocycles. The second-order valence-electron chi connectivity index (χ2n) is 5.46. The van der Waals surface area contributed by atoms with Gasteiger partial charge in [-0.1, -0.05) is 75.8 Å². The van der Waals surface area contributed by atoms with Gasteiger partial charge in [0.2, 0.25) is 15.0 Å². The van der Waals surface area contributed by atoms with Crippen molar-refractivity contribution in [1.82, 2.24) is 19.9 Å². The molecule has 2 aromatic heterocycles. The summed E-state index contributed by atoms with van der Waals surface area (Å²) >= 11 is 29.0. The van der Waals surface area contributed by atoms with Crippen molar-refractivity contribution in [3.63, 3.8) is 0 Å². The predicted octanol–water partition coefficient (Wildman–Crippen LogP) is 5.66. The van der Waals surface area contributed by atoms with E-state index in [1.54, 1.807) is 12.1 Å².